The molecule has 1 aromatic heterocycles. The molecule has 19 heavy (non-hydrogen) atoms. The molecule has 1 atom stereocenters. The highest BCUT2D eigenvalue weighted by atomic mass is 35.5. The lowest BCUT2D eigenvalue weighted by Crippen LogP contribution is -2.33. The van der Waals surface area contributed by atoms with E-state index < -0.39 is 0 Å². The van der Waals surface area contributed by atoms with Gasteiger partial charge in [-0.15, -0.1) is 11.6 Å². The van der Waals surface area contributed by atoms with Gasteiger partial charge in [-0.3, -0.25) is 9.36 Å². The predicted molar refractivity (Wildman–Crippen MR) is 74.7 cm³/mol. The highest BCUT2D eigenvalue weighted by molar-refractivity contribution is 6.16. The van der Waals surface area contributed by atoms with Gasteiger partial charge in [-0.1, -0.05) is 12.1 Å². The largest absolute Gasteiger partial charge is 0.379 e. The zero-order valence-electron chi connectivity index (χ0n) is 10.5. The number of hydrogen-bond acceptors (Lipinski definition) is 3. The molecule has 0 saturated carbocycles. The maximum absolute atomic E-state index is 12.6. The van der Waals surface area contributed by atoms with E-state index in [1.807, 2.05) is 24.3 Å². The van der Waals surface area contributed by atoms with E-state index in [4.69, 9.17) is 16.3 Å². The predicted octanol–water partition coefficient (Wildman–Crippen LogP) is 2.49. The van der Waals surface area contributed by atoms with Gasteiger partial charge >= 0.3 is 0 Å². The third-order valence-electron chi connectivity index (χ3n) is 3.50. The molecule has 0 N–H and O–H groups in total. The van der Waals surface area contributed by atoms with Gasteiger partial charge in [0.2, 0.25) is 0 Å². The average molecular weight is 279 g/mol. The molecule has 0 radical (unpaired) electrons. The molecule has 1 aromatic carbocycles. The van der Waals surface area contributed by atoms with Crippen LogP contribution in [-0.4, -0.2) is 22.8 Å². The summed E-state index contributed by atoms with van der Waals surface area (Å²) in [6, 6.07) is 7.43. The van der Waals surface area contributed by atoms with Crippen molar-refractivity contribution in [3.63, 3.8) is 0 Å². The number of alkyl halides is 1. The summed E-state index contributed by atoms with van der Waals surface area (Å²) in [5, 5.41) is 0.641. The van der Waals surface area contributed by atoms with Crippen LogP contribution in [0.15, 0.2) is 29.1 Å². The van der Waals surface area contributed by atoms with Crippen molar-refractivity contribution in [2.45, 2.75) is 24.8 Å². The Morgan fingerprint density at radius 3 is 3.00 bits per heavy atom. The Labute approximate surface area is 116 Å². The minimum Gasteiger partial charge on any atom is -0.379 e. The first kappa shape index (κ1) is 12.6. The van der Waals surface area contributed by atoms with Gasteiger partial charge in [0.05, 0.1) is 29.4 Å². The van der Waals surface area contributed by atoms with E-state index >= 15 is 0 Å². The van der Waals surface area contributed by atoms with Crippen molar-refractivity contribution in [3.05, 3.63) is 40.4 Å². The molecule has 5 heteroatoms. The number of benzene rings is 1. The molecule has 2 aromatic rings. The Morgan fingerprint density at radius 1 is 1.42 bits per heavy atom. The van der Waals surface area contributed by atoms with Gasteiger partial charge < -0.3 is 4.74 Å². The van der Waals surface area contributed by atoms with E-state index in [1.165, 1.54) is 0 Å². The van der Waals surface area contributed by atoms with Crippen LogP contribution in [0.5, 0.6) is 0 Å². The molecule has 0 bridgehead atoms. The SMILES string of the molecule is O=c1c2ccccc2nc(CCl)n1C1CCCOC1. The Morgan fingerprint density at radius 2 is 2.26 bits per heavy atom. The fraction of sp³-hybridized carbons (Fsp3) is 0.429. The van der Waals surface area contributed by atoms with Crippen LogP contribution < -0.4 is 5.56 Å². The van der Waals surface area contributed by atoms with Gasteiger partial charge in [0.1, 0.15) is 5.82 Å². The van der Waals surface area contributed by atoms with Crippen LogP contribution in [0.2, 0.25) is 0 Å². The molecule has 0 amide bonds. The quantitative estimate of drug-likeness (QED) is 0.793. The first-order chi connectivity index (χ1) is 9.31. The highest BCUT2D eigenvalue weighted by Gasteiger charge is 2.21. The number of fused-ring (bicyclic) bond motifs is 1. The second-order valence-corrected chi connectivity index (χ2v) is 4.99. The van der Waals surface area contributed by atoms with Crippen molar-refractivity contribution in [2.75, 3.05) is 13.2 Å². The Hall–Kier alpha value is -1.39. The molecular formula is C14H15ClN2O2. The molecule has 3 rings (SSSR count). The summed E-state index contributed by atoms with van der Waals surface area (Å²) in [6.07, 6.45) is 1.90. The number of aromatic nitrogens is 2. The van der Waals surface area contributed by atoms with Crippen LogP contribution in [0, 0.1) is 0 Å². The molecule has 1 unspecified atom stereocenters. The second kappa shape index (κ2) is 5.31. The van der Waals surface area contributed by atoms with Crippen molar-refractivity contribution in [2.24, 2.45) is 0 Å². The smallest absolute Gasteiger partial charge is 0.261 e. The van der Waals surface area contributed by atoms with Crippen LogP contribution in [0.3, 0.4) is 0 Å². The molecule has 100 valence electrons. The van der Waals surface area contributed by atoms with Crippen LogP contribution in [0.1, 0.15) is 24.7 Å². The van der Waals surface area contributed by atoms with Crippen molar-refractivity contribution < 1.29 is 4.74 Å². The summed E-state index contributed by atoms with van der Waals surface area (Å²) < 4.78 is 7.19. The molecule has 1 aliphatic heterocycles. The number of halogens is 1. The van der Waals surface area contributed by atoms with Crippen molar-refractivity contribution >= 4 is 22.5 Å². The van der Waals surface area contributed by atoms with E-state index in [1.54, 1.807) is 4.57 Å². The van der Waals surface area contributed by atoms with E-state index in [0.29, 0.717) is 23.3 Å². The van der Waals surface area contributed by atoms with Crippen LogP contribution in [-0.2, 0) is 10.6 Å². The summed E-state index contributed by atoms with van der Waals surface area (Å²) >= 11 is 5.96. The number of ether oxygens (including phenoxy) is 1. The number of para-hydroxylation sites is 1. The first-order valence-corrected chi connectivity index (χ1v) is 6.98. The first-order valence-electron chi connectivity index (χ1n) is 6.45. The normalized spacial score (nSPS) is 19.7. The fourth-order valence-corrected chi connectivity index (χ4v) is 2.78. The molecule has 1 saturated heterocycles. The minimum absolute atomic E-state index is 0.0169. The topological polar surface area (TPSA) is 44.1 Å². The van der Waals surface area contributed by atoms with Gasteiger partial charge in [0.25, 0.3) is 5.56 Å². The summed E-state index contributed by atoms with van der Waals surface area (Å²) in [7, 11) is 0. The van der Waals surface area contributed by atoms with Gasteiger partial charge in [-0.05, 0) is 25.0 Å². The Bertz CT molecular complexity index is 647. The van der Waals surface area contributed by atoms with Gasteiger partial charge in [0.15, 0.2) is 0 Å². The molecule has 4 nitrogen and oxygen atoms in total. The molecule has 2 heterocycles. The standard InChI is InChI=1S/C14H15ClN2O2/c15-8-13-16-12-6-2-1-5-11(12)14(18)17(13)10-4-3-7-19-9-10/h1-2,5-6,10H,3-4,7-9H2. The highest BCUT2D eigenvalue weighted by Crippen LogP contribution is 2.21. The minimum atomic E-state index is -0.0169. The van der Waals surface area contributed by atoms with Gasteiger partial charge in [0, 0.05) is 6.61 Å². The van der Waals surface area contributed by atoms with E-state index in [-0.39, 0.29) is 17.5 Å². The Kier molecular flexibility index (Phi) is 3.53. The Balaban J connectivity index is 2.21. The zero-order valence-corrected chi connectivity index (χ0v) is 11.3. The summed E-state index contributed by atoms with van der Waals surface area (Å²) in [6.45, 7) is 1.33. The lowest BCUT2D eigenvalue weighted by Gasteiger charge is -2.26. The second-order valence-electron chi connectivity index (χ2n) is 4.72. The number of rotatable bonds is 2. The van der Waals surface area contributed by atoms with Crippen LogP contribution in [0.4, 0.5) is 0 Å². The molecular weight excluding hydrogens is 264 g/mol. The van der Waals surface area contributed by atoms with Crippen LogP contribution >= 0.6 is 11.6 Å². The maximum Gasteiger partial charge on any atom is 0.261 e. The van der Waals surface area contributed by atoms with E-state index in [2.05, 4.69) is 4.98 Å². The summed E-state index contributed by atoms with van der Waals surface area (Å²) in [5.74, 6) is 0.859. The van der Waals surface area contributed by atoms with Crippen molar-refractivity contribution in [1.82, 2.24) is 9.55 Å². The monoisotopic (exact) mass is 278 g/mol. The third kappa shape index (κ3) is 2.26. The fourth-order valence-electron chi connectivity index (χ4n) is 2.59. The third-order valence-corrected chi connectivity index (χ3v) is 3.74. The lowest BCUT2D eigenvalue weighted by molar-refractivity contribution is 0.0570. The number of hydrogen-bond donors (Lipinski definition) is 0. The summed E-state index contributed by atoms with van der Waals surface area (Å²) in [5.41, 5.74) is 0.688. The van der Waals surface area contributed by atoms with Gasteiger partial charge in [-0.25, -0.2) is 4.98 Å². The van der Waals surface area contributed by atoms with Crippen molar-refractivity contribution in [1.29, 1.82) is 0 Å². The van der Waals surface area contributed by atoms with Crippen LogP contribution in [0.25, 0.3) is 10.9 Å². The molecule has 1 fully saturated rings. The lowest BCUT2D eigenvalue weighted by atomic mass is 10.1. The number of nitrogens with zero attached hydrogens (tertiary/aromatic N) is 2. The molecule has 0 spiro atoms. The van der Waals surface area contributed by atoms with E-state index in [0.717, 1.165) is 19.4 Å². The maximum atomic E-state index is 12.6. The average Bonchev–Trinajstić information content (AvgIpc) is 2.48. The van der Waals surface area contributed by atoms with E-state index in [9.17, 15) is 4.79 Å². The summed E-state index contributed by atoms with van der Waals surface area (Å²) in [4.78, 5) is 17.1. The zero-order chi connectivity index (χ0) is 13.2. The van der Waals surface area contributed by atoms with Crippen molar-refractivity contribution in [3.8, 4) is 0 Å². The molecule has 0 aliphatic carbocycles. The molecule has 1 aliphatic rings. The van der Waals surface area contributed by atoms with Gasteiger partial charge in [-0.2, -0.15) is 0 Å².